The van der Waals surface area contributed by atoms with Gasteiger partial charge in [0.15, 0.2) is 5.16 Å². The lowest BCUT2D eigenvalue weighted by Crippen LogP contribution is -2.36. The summed E-state index contributed by atoms with van der Waals surface area (Å²) in [6.07, 6.45) is 3.97. The fourth-order valence-corrected chi connectivity index (χ4v) is 3.36. The molecule has 0 aromatic carbocycles. The molecule has 116 valence electrons. The Morgan fingerprint density at radius 1 is 1.57 bits per heavy atom. The molecule has 1 aliphatic heterocycles. The zero-order chi connectivity index (χ0) is 15.2. The van der Waals surface area contributed by atoms with Gasteiger partial charge in [-0.05, 0) is 18.8 Å². The molecule has 0 spiro atoms. The summed E-state index contributed by atoms with van der Waals surface area (Å²) in [6, 6.07) is 0. The summed E-state index contributed by atoms with van der Waals surface area (Å²) >= 11 is 1.53. The van der Waals surface area contributed by atoms with Crippen molar-refractivity contribution in [3.63, 3.8) is 0 Å². The quantitative estimate of drug-likeness (QED) is 0.730. The molecule has 0 saturated carbocycles. The molecule has 1 aromatic rings. The van der Waals surface area contributed by atoms with E-state index in [1.807, 2.05) is 0 Å². The van der Waals surface area contributed by atoms with E-state index in [4.69, 9.17) is 5.11 Å². The molecule has 2 N–H and O–H groups in total. The summed E-state index contributed by atoms with van der Waals surface area (Å²) in [6.45, 7) is 3.26. The van der Waals surface area contributed by atoms with Gasteiger partial charge in [-0.25, -0.2) is 4.98 Å². The molecule has 7 heteroatoms. The number of nitrogens with one attached hydrogen (secondary N) is 1. The van der Waals surface area contributed by atoms with Crippen LogP contribution in [0, 0.1) is 5.92 Å². The Morgan fingerprint density at radius 2 is 2.38 bits per heavy atom. The average Bonchev–Trinajstić information content (AvgIpc) is 2.95. The van der Waals surface area contributed by atoms with Crippen molar-refractivity contribution in [2.24, 2.45) is 5.92 Å². The van der Waals surface area contributed by atoms with Crippen molar-refractivity contribution in [2.45, 2.75) is 37.9 Å². The number of hydrogen-bond donors (Lipinski definition) is 2. The van der Waals surface area contributed by atoms with Crippen molar-refractivity contribution in [3.8, 4) is 0 Å². The zero-order valence-corrected chi connectivity index (χ0v) is 13.0. The van der Waals surface area contributed by atoms with Crippen LogP contribution < -0.4 is 10.9 Å². The molecule has 0 fully saturated rings. The van der Waals surface area contributed by atoms with E-state index in [2.05, 4.69) is 17.2 Å². The van der Waals surface area contributed by atoms with Crippen LogP contribution in [0.4, 0.5) is 0 Å². The van der Waals surface area contributed by atoms with Gasteiger partial charge in [0, 0.05) is 31.6 Å². The van der Waals surface area contributed by atoms with Crippen LogP contribution in [0.2, 0.25) is 0 Å². The van der Waals surface area contributed by atoms with Gasteiger partial charge in [0.1, 0.15) is 5.56 Å². The summed E-state index contributed by atoms with van der Waals surface area (Å²) in [5.74, 6) is 0.686. The molecule has 1 amide bonds. The second-order valence-electron chi connectivity index (χ2n) is 5.14. The number of nitrogens with zero attached hydrogens (tertiary/aromatic N) is 2. The molecule has 1 unspecified atom stereocenters. The number of aliphatic hydroxyl groups is 1. The van der Waals surface area contributed by atoms with Crippen LogP contribution >= 0.6 is 11.8 Å². The Morgan fingerprint density at radius 3 is 3.10 bits per heavy atom. The molecule has 6 nitrogen and oxygen atoms in total. The topological polar surface area (TPSA) is 84.2 Å². The molecular formula is C14H21N3O3S. The van der Waals surface area contributed by atoms with Crippen LogP contribution in [0.25, 0.3) is 0 Å². The number of thioether (sulfide) groups is 1. The van der Waals surface area contributed by atoms with Crippen LogP contribution in [0.15, 0.2) is 16.1 Å². The molecule has 0 bridgehead atoms. The number of aliphatic hydroxyl groups excluding tert-OH is 1. The van der Waals surface area contributed by atoms with Gasteiger partial charge in [-0.2, -0.15) is 0 Å². The number of rotatable bonds is 7. The number of hydrogen-bond acceptors (Lipinski definition) is 5. The molecule has 1 aromatic heterocycles. The lowest BCUT2D eigenvalue weighted by Gasteiger charge is -2.15. The van der Waals surface area contributed by atoms with E-state index >= 15 is 0 Å². The van der Waals surface area contributed by atoms with E-state index in [0.717, 1.165) is 18.6 Å². The molecule has 0 saturated heterocycles. The van der Waals surface area contributed by atoms with E-state index in [9.17, 15) is 9.59 Å². The molecule has 0 radical (unpaired) electrons. The van der Waals surface area contributed by atoms with Gasteiger partial charge in [-0.15, -0.1) is 0 Å². The normalized spacial score (nSPS) is 14.8. The lowest BCUT2D eigenvalue weighted by molar-refractivity contribution is 0.0940. The second-order valence-corrected chi connectivity index (χ2v) is 6.20. The van der Waals surface area contributed by atoms with Crippen LogP contribution in [-0.2, 0) is 6.54 Å². The highest BCUT2D eigenvalue weighted by Crippen LogP contribution is 2.20. The fraction of sp³-hybridized carbons (Fsp3) is 0.643. The predicted octanol–water partition coefficient (Wildman–Crippen LogP) is 0.877. The van der Waals surface area contributed by atoms with Crippen molar-refractivity contribution in [3.05, 3.63) is 22.1 Å². The SMILES string of the molecule is CCCC(CCO)CNC(=O)c1cnc2n(c1=O)CCS2. The third-order valence-electron chi connectivity index (χ3n) is 3.59. The highest BCUT2D eigenvalue weighted by atomic mass is 32.2. The van der Waals surface area contributed by atoms with Gasteiger partial charge < -0.3 is 10.4 Å². The minimum absolute atomic E-state index is 0.0977. The van der Waals surface area contributed by atoms with Crippen LogP contribution in [-0.4, -0.2) is 39.5 Å². The van der Waals surface area contributed by atoms with E-state index in [-0.39, 0.29) is 29.6 Å². The van der Waals surface area contributed by atoms with E-state index in [1.165, 1.54) is 18.0 Å². The highest BCUT2D eigenvalue weighted by molar-refractivity contribution is 7.99. The third kappa shape index (κ3) is 3.85. The summed E-state index contributed by atoms with van der Waals surface area (Å²) in [5.41, 5.74) is -0.169. The Bertz CT molecular complexity index is 553. The first-order valence-corrected chi connectivity index (χ1v) is 8.27. The van der Waals surface area contributed by atoms with Gasteiger partial charge in [0.05, 0.1) is 0 Å². The van der Waals surface area contributed by atoms with Gasteiger partial charge in [0.2, 0.25) is 0 Å². The maximum absolute atomic E-state index is 12.2. The Balaban J connectivity index is 2.02. The summed E-state index contributed by atoms with van der Waals surface area (Å²) in [5, 5.41) is 12.5. The number of carbonyl (C=O) groups is 1. The van der Waals surface area contributed by atoms with Crippen molar-refractivity contribution in [1.82, 2.24) is 14.9 Å². The molecule has 0 aliphatic carbocycles. The summed E-state index contributed by atoms with van der Waals surface area (Å²) in [4.78, 5) is 28.5. The Hall–Kier alpha value is -1.34. The number of fused-ring (bicyclic) bond motifs is 1. The molecule has 1 aliphatic rings. The number of carbonyl (C=O) groups excluding carboxylic acids is 1. The van der Waals surface area contributed by atoms with Crippen LogP contribution in [0.1, 0.15) is 36.5 Å². The van der Waals surface area contributed by atoms with Gasteiger partial charge in [-0.1, -0.05) is 25.1 Å². The standard InChI is InChI=1S/C14H21N3O3S/c1-2-3-10(4-6-18)8-15-12(19)11-9-16-14-17(13(11)20)5-7-21-14/h9-10,18H,2-8H2,1H3,(H,15,19). The maximum atomic E-state index is 12.2. The zero-order valence-electron chi connectivity index (χ0n) is 12.2. The van der Waals surface area contributed by atoms with E-state index in [1.54, 1.807) is 4.57 Å². The van der Waals surface area contributed by atoms with Crippen LogP contribution in [0.5, 0.6) is 0 Å². The second kappa shape index (κ2) is 7.61. The Labute approximate surface area is 128 Å². The van der Waals surface area contributed by atoms with Crippen molar-refractivity contribution in [1.29, 1.82) is 0 Å². The molecule has 21 heavy (non-hydrogen) atoms. The van der Waals surface area contributed by atoms with E-state index in [0.29, 0.717) is 24.7 Å². The molecule has 2 rings (SSSR count). The first-order chi connectivity index (χ1) is 10.2. The van der Waals surface area contributed by atoms with Crippen LogP contribution in [0.3, 0.4) is 0 Å². The highest BCUT2D eigenvalue weighted by Gasteiger charge is 2.20. The first-order valence-electron chi connectivity index (χ1n) is 7.29. The first kappa shape index (κ1) is 16.0. The fourth-order valence-electron chi connectivity index (χ4n) is 2.44. The average molecular weight is 311 g/mol. The largest absolute Gasteiger partial charge is 0.396 e. The van der Waals surface area contributed by atoms with Crippen molar-refractivity contribution in [2.75, 3.05) is 18.9 Å². The smallest absolute Gasteiger partial charge is 0.267 e. The summed E-state index contributed by atoms with van der Waals surface area (Å²) < 4.78 is 1.55. The third-order valence-corrected chi connectivity index (χ3v) is 4.56. The minimum Gasteiger partial charge on any atom is -0.396 e. The minimum atomic E-state index is -0.376. The number of aromatic nitrogens is 2. The van der Waals surface area contributed by atoms with E-state index < -0.39 is 0 Å². The Kier molecular flexibility index (Phi) is 5.81. The summed E-state index contributed by atoms with van der Waals surface area (Å²) in [7, 11) is 0. The molecular weight excluding hydrogens is 290 g/mol. The van der Waals surface area contributed by atoms with Crippen molar-refractivity contribution >= 4 is 17.7 Å². The molecule has 2 heterocycles. The predicted molar refractivity (Wildman–Crippen MR) is 81.7 cm³/mol. The number of amides is 1. The van der Waals surface area contributed by atoms with Gasteiger partial charge >= 0.3 is 0 Å². The van der Waals surface area contributed by atoms with Gasteiger partial charge in [-0.3, -0.25) is 14.2 Å². The van der Waals surface area contributed by atoms with Crippen molar-refractivity contribution < 1.29 is 9.90 Å². The monoisotopic (exact) mass is 311 g/mol. The lowest BCUT2D eigenvalue weighted by atomic mass is 10.0. The molecule has 1 atom stereocenters. The maximum Gasteiger partial charge on any atom is 0.267 e. The van der Waals surface area contributed by atoms with Gasteiger partial charge in [0.25, 0.3) is 11.5 Å².